The van der Waals surface area contributed by atoms with Crippen LogP contribution in [0.5, 0.6) is 0 Å². The number of esters is 2. The average Bonchev–Trinajstić information content (AvgIpc) is 3.05. The summed E-state index contributed by atoms with van der Waals surface area (Å²) in [5.41, 5.74) is 0. The van der Waals surface area contributed by atoms with E-state index >= 15 is 0 Å². The van der Waals surface area contributed by atoms with Crippen molar-refractivity contribution in [1.29, 1.82) is 0 Å². The summed E-state index contributed by atoms with van der Waals surface area (Å²) in [5, 5.41) is 11.6. The molecule has 0 saturated carbocycles. The molecular formula is C41H63NO7. The van der Waals surface area contributed by atoms with Gasteiger partial charge in [-0.1, -0.05) is 111 Å². The molecule has 0 aromatic heterocycles. The van der Waals surface area contributed by atoms with Crippen LogP contribution in [0.25, 0.3) is 0 Å². The SMILES string of the molecule is CC/C=C/C=C/C=C/C=C/C=C/CCCC(=O)OC(COCCC(C(=O)[O-])[N+](C)(C)C)COC(=O)CCCC/C=C/C/C=C/C/C=C/CC. The average molecular weight is 682 g/mol. The van der Waals surface area contributed by atoms with Crippen LogP contribution in [0, 0.1) is 0 Å². The number of carbonyl (C=O) groups excluding carboxylic acids is 3. The summed E-state index contributed by atoms with van der Waals surface area (Å²) in [4.78, 5) is 36.5. The molecule has 0 amide bonds. The summed E-state index contributed by atoms with van der Waals surface area (Å²) in [5.74, 6) is -1.91. The number of hydrogen-bond donors (Lipinski definition) is 0. The molecule has 0 aliphatic rings. The van der Waals surface area contributed by atoms with Crippen molar-refractivity contribution < 1.29 is 38.2 Å². The molecule has 8 heteroatoms. The van der Waals surface area contributed by atoms with Gasteiger partial charge >= 0.3 is 11.9 Å². The first-order valence-corrected chi connectivity index (χ1v) is 17.8. The Bertz CT molecular complexity index is 1120. The van der Waals surface area contributed by atoms with Gasteiger partial charge in [-0.15, -0.1) is 0 Å². The molecule has 0 spiro atoms. The van der Waals surface area contributed by atoms with Gasteiger partial charge in [-0.3, -0.25) is 9.59 Å². The number of hydrogen-bond acceptors (Lipinski definition) is 7. The number of carboxylic acid groups (broad SMARTS) is 1. The topological polar surface area (TPSA) is 102 Å². The predicted octanol–water partition coefficient (Wildman–Crippen LogP) is 7.45. The van der Waals surface area contributed by atoms with E-state index in [1.54, 1.807) is 21.1 Å². The van der Waals surface area contributed by atoms with Gasteiger partial charge in [0.2, 0.25) is 0 Å². The minimum absolute atomic E-state index is 0.00758. The predicted molar refractivity (Wildman–Crippen MR) is 198 cm³/mol. The lowest BCUT2D eigenvalue weighted by Crippen LogP contribution is -2.55. The molecule has 0 radical (unpaired) electrons. The quantitative estimate of drug-likeness (QED) is 0.0266. The molecule has 274 valence electrons. The van der Waals surface area contributed by atoms with Gasteiger partial charge in [0.1, 0.15) is 12.6 Å². The van der Waals surface area contributed by atoms with Crippen molar-refractivity contribution in [2.75, 3.05) is 41.0 Å². The molecule has 0 aromatic rings. The van der Waals surface area contributed by atoms with Crippen LogP contribution >= 0.6 is 0 Å². The number of carbonyl (C=O) groups is 3. The summed E-state index contributed by atoms with van der Waals surface area (Å²) >= 11 is 0. The van der Waals surface area contributed by atoms with E-state index in [2.05, 4.69) is 56.4 Å². The van der Waals surface area contributed by atoms with E-state index in [9.17, 15) is 19.5 Å². The molecule has 0 bridgehead atoms. The molecule has 8 nitrogen and oxygen atoms in total. The van der Waals surface area contributed by atoms with Crippen LogP contribution < -0.4 is 5.11 Å². The highest BCUT2D eigenvalue weighted by atomic mass is 16.6. The van der Waals surface area contributed by atoms with Gasteiger partial charge in [-0.25, -0.2) is 0 Å². The van der Waals surface area contributed by atoms with E-state index in [4.69, 9.17) is 14.2 Å². The highest BCUT2D eigenvalue weighted by Gasteiger charge is 2.25. The first-order chi connectivity index (χ1) is 23.6. The maximum absolute atomic E-state index is 12.6. The molecule has 0 heterocycles. The number of carboxylic acids is 1. The Hall–Kier alpha value is -3.75. The summed E-state index contributed by atoms with van der Waals surface area (Å²) in [6.45, 7) is 4.22. The van der Waals surface area contributed by atoms with E-state index in [0.29, 0.717) is 19.3 Å². The lowest BCUT2D eigenvalue weighted by atomic mass is 10.1. The molecule has 49 heavy (non-hydrogen) atoms. The number of quaternary nitrogens is 1. The Labute approximate surface area is 296 Å². The van der Waals surface area contributed by atoms with Crippen molar-refractivity contribution in [3.05, 3.63) is 97.2 Å². The number of unbranched alkanes of at least 4 members (excludes halogenated alkanes) is 3. The monoisotopic (exact) mass is 681 g/mol. The van der Waals surface area contributed by atoms with Crippen molar-refractivity contribution in [3.63, 3.8) is 0 Å². The zero-order chi connectivity index (χ0) is 36.4. The first-order valence-electron chi connectivity index (χ1n) is 17.8. The molecule has 0 saturated heterocycles. The number of nitrogens with zero attached hydrogens (tertiary/aromatic N) is 1. The van der Waals surface area contributed by atoms with Gasteiger partial charge in [-0.05, 0) is 57.8 Å². The molecule has 0 aliphatic carbocycles. The second-order valence-electron chi connectivity index (χ2n) is 12.5. The third kappa shape index (κ3) is 30.1. The van der Waals surface area contributed by atoms with E-state index in [-0.39, 0.29) is 49.5 Å². The molecule has 0 rings (SSSR count). The standard InChI is InChI=1S/C41H63NO7/c1-6-8-10-12-14-16-18-20-22-24-26-28-30-32-40(44)49-37(35-47-34-33-38(41(45)46)42(3,4)5)36-48-39(43)31-29-27-25-23-21-19-17-15-13-11-9-7-2/h8-12,14-18,20-24,26,37-38H,6-7,13,19,25,27-36H2,1-5H3/b10-8+,11-9+,14-12+,17-15+,18-16+,22-20+,23-21+,26-24+. The smallest absolute Gasteiger partial charge is 0.306 e. The molecule has 0 N–H and O–H groups in total. The number of ether oxygens (including phenoxy) is 3. The van der Waals surface area contributed by atoms with Crippen LogP contribution in [0.1, 0.15) is 90.9 Å². The Morgan fingerprint density at radius 3 is 1.80 bits per heavy atom. The molecule has 0 aliphatic heterocycles. The largest absolute Gasteiger partial charge is 0.544 e. The fourth-order valence-electron chi connectivity index (χ4n) is 4.35. The maximum Gasteiger partial charge on any atom is 0.306 e. The Kier molecular flexibility index (Phi) is 29.1. The maximum atomic E-state index is 12.6. The van der Waals surface area contributed by atoms with E-state index in [1.165, 1.54) is 0 Å². The van der Waals surface area contributed by atoms with Crippen molar-refractivity contribution in [3.8, 4) is 0 Å². The van der Waals surface area contributed by atoms with Gasteiger partial charge in [0.15, 0.2) is 6.10 Å². The van der Waals surface area contributed by atoms with Gasteiger partial charge < -0.3 is 28.6 Å². The lowest BCUT2D eigenvalue weighted by molar-refractivity contribution is -0.889. The summed E-state index contributed by atoms with van der Waals surface area (Å²) in [6, 6.07) is -0.748. The number of allylic oxidation sites excluding steroid dienone is 16. The van der Waals surface area contributed by atoms with E-state index in [0.717, 1.165) is 38.5 Å². The fraction of sp³-hybridized carbons (Fsp3) is 0.537. The minimum Gasteiger partial charge on any atom is -0.544 e. The zero-order valence-corrected chi connectivity index (χ0v) is 30.8. The second kappa shape index (κ2) is 31.5. The van der Waals surface area contributed by atoms with Crippen LogP contribution in [0.3, 0.4) is 0 Å². The third-order valence-electron chi connectivity index (χ3n) is 7.09. The van der Waals surface area contributed by atoms with Crippen LogP contribution in [-0.2, 0) is 28.6 Å². The molecule has 2 atom stereocenters. The summed E-state index contributed by atoms with van der Waals surface area (Å²) < 4.78 is 16.9. The molecule has 0 fully saturated rings. The van der Waals surface area contributed by atoms with Crippen molar-refractivity contribution in [1.82, 2.24) is 0 Å². The summed E-state index contributed by atoms with van der Waals surface area (Å²) in [6.07, 6.45) is 40.3. The lowest BCUT2D eigenvalue weighted by Gasteiger charge is -2.34. The Morgan fingerprint density at radius 2 is 1.18 bits per heavy atom. The highest BCUT2D eigenvalue weighted by Crippen LogP contribution is 2.10. The third-order valence-corrected chi connectivity index (χ3v) is 7.09. The molecule has 0 aromatic carbocycles. The van der Waals surface area contributed by atoms with E-state index in [1.807, 2.05) is 54.7 Å². The normalized spacial score (nSPS) is 14.2. The van der Waals surface area contributed by atoms with Gasteiger partial charge in [0.25, 0.3) is 0 Å². The Morgan fingerprint density at radius 1 is 0.633 bits per heavy atom. The van der Waals surface area contributed by atoms with Gasteiger partial charge in [-0.2, -0.15) is 0 Å². The van der Waals surface area contributed by atoms with Crippen molar-refractivity contribution in [2.24, 2.45) is 0 Å². The highest BCUT2D eigenvalue weighted by molar-refractivity contribution is 5.70. The van der Waals surface area contributed by atoms with Crippen LogP contribution in [-0.4, -0.2) is 75.5 Å². The van der Waals surface area contributed by atoms with Crippen LogP contribution in [0.2, 0.25) is 0 Å². The van der Waals surface area contributed by atoms with E-state index < -0.39 is 24.1 Å². The van der Waals surface area contributed by atoms with Gasteiger partial charge in [0, 0.05) is 19.3 Å². The first kappa shape index (κ1) is 45.2. The number of aliphatic carboxylic acids is 1. The summed E-state index contributed by atoms with van der Waals surface area (Å²) in [7, 11) is 5.34. The number of rotatable bonds is 29. The number of likely N-dealkylation sites (N-methyl/N-ethyl adjacent to an activating group) is 1. The fourth-order valence-corrected chi connectivity index (χ4v) is 4.35. The van der Waals surface area contributed by atoms with Gasteiger partial charge in [0.05, 0.1) is 40.3 Å². The van der Waals surface area contributed by atoms with Crippen molar-refractivity contribution in [2.45, 2.75) is 103 Å². The van der Waals surface area contributed by atoms with Crippen molar-refractivity contribution >= 4 is 17.9 Å². The molecule has 2 unspecified atom stereocenters. The zero-order valence-electron chi connectivity index (χ0n) is 30.8. The minimum atomic E-state index is -1.15. The Balaban J connectivity index is 4.69. The van der Waals surface area contributed by atoms with Crippen LogP contribution in [0.4, 0.5) is 0 Å². The molecular weight excluding hydrogens is 618 g/mol. The van der Waals surface area contributed by atoms with Crippen LogP contribution in [0.15, 0.2) is 97.2 Å². The second-order valence-corrected chi connectivity index (χ2v) is 12.5.